The Kier molecular flexibility index (Phi) is 3.37. The number of benzene rings is 1. The van der Waals surface area contributed by atoms with Crippen molar-refractivity contribution in [3.8, 4) is 0 Å². The van der Waals surface area contributed by atoms with Crippen molar-refractivity contribution in [1.82, 2.24) is 14.9 Å². The van der Waals surface area contributed by atoms with Gasteiger partial charge >= 0.3 is 0 Å². The molecule has 0 amide bonds. The zero-order valence-corrected chi connectivity index (χ0v) is 9.72. The van der Waals surface area contributed by atoms with Gasteiger partial charge in [-0.15, -0.1) is 0 Å². The number of nitrogens with one attached hydrogen (secondary N) is 1. The number of aryl methyl sites for hydroxylation is 1. The molecule has 1 heterocycles. The molecular formula is C13H17N3. The minimum absolute atomic E-state index is 0.328. The predicted molar refractivity (Wildman–Crippen MR) is 65.2 cm³/mol. The Morgan fingerprint density at radius 3 is 2.62 bits per heavy atom. The quantitative estimate of drug-likeness (QED) is 0.847. The summed E-state index contributed by atoms with van der Waals surface area (Å²) in [6.07, 6.45) is 3.86. The van der Waals surface area contributed by atoms with Crippen LogP contribution in [0.4, 0.5) is 0 Å². The van der Waals surface area contributed by atoms with Crippen LogP contribution in [0.5, 0.6) is 0 Å². The van der Waals surface area contributed by atoms with Crippen molar-refractivity contribution in [3.05, 3.63) is 54.1 Å². The number of aromatic nitrogens is 2. The van der Waals surface area contributed by atoms with Gasteiger partial charge in [0, 0.05) is 25.0 Å². The van der Waals surface area contributed by atoms with Gasteiger partial charge in [0.2, 0.25) is 0 Å². The Labute approximate surface area is 96.1 Å². The largest absolute Gasteiger partial charge is 0.333 e. The van der Waals surface area contributed by atoms with E-state index < -0.39 is 0 Å². The van der Waals surface area contributed by atoms with E-state index in [9.17, 15) is 0 Å². The Balaban J connectivity index is 2.16. The highest BCUT2D eigenvalue weighted by Crippen LogP contribution is 2.14. The Morgan fingerprint density at radius 1 is 1.31 bits per heavy atom. The predicted octanol–water partition coefficient (Wildman–Crippen LogP) is 2.15. The average Bonchev–Trinajstić information content (AvgIpc) is 2.73. The molecule has 1 aromatic heterocycles. The minimum Gasteiger partial charge on any atom is -0.333 e. The van der Waals surface area contributed by atoms with Crippen LogP contribution in [0.2, 0.25) is 0 Å². The monoisotopic (exact) mass is 215 g/mol. The van der Waals surface area contributed by atoms with Crippen LogP contribution in [0.3, 0.4) is 0 Å². The first-order valence-corrected chi connectivity index (χ1v) is 5.51. The van der Waals surface area contributed by atoms with Crippen molar-refractivity contribution in [2.45, 2.75) is 19.5 Å². The number of likely N-dealkylation sites (N-methyl/N-ethyl adjacent to an activating group) is 1. The summed E-state index contributed by atoms with van der Waals surface area (Å²) >= 11 is 0. The molecule has 0 spiro atoms. The van der Waals surface area contributed by atoms with E-state index in [1.165, 1.54) is 5.56 Å². The number of rotatable bonds is 4. The van der Waals surface area contributed by atoms with E-state index in [0.29, 0.717) is 6.04 Å². The standard InChI is InChI=1S/C13H17N3/c1-11-15-8-9-16(11)10-13(14-2)12-6-4-3-5-7-12/h3-9,13-14H,10H2,1-2H3. The molecule has 1 aromatic carbocycles. The minimum atomic E-state index is 0.328. The fourth-order valence-corrected chi connectivity index (χ4v) is 1.84. The second-order valence-corrected chi connectivity index (χ2v) is 3.88. The number of hydrogen-bond acceptors (Lipinski definition) is 2. The van der Waals surface area contributed by atoms with Gasteiger partial charge in [0.1, 0.15) is 5.82 Å². The molecule has 84 valence electrons. The lowest BCUT2D eigenvalue weighted by atomic mass is 10.1. The van der Waals surface area contributed by atoms with Crippen LogP contribution in [-0.4, -0.2) is 16.6 Å². The van der Waals surface area contributed by atoms with Gasteiger partial charge in [0.05, 0.1) is 0 Å². The highest BCUT2D eigenvalue weighted by molar-refractivity contribution is 5.18. The second-order valence-electron chi connectivity index (χ2n) is 3.88. The molecule has 3 nitrogen and oxygen atoms in total. The van der Waals surface area contributed by atoms with Gasteiger partial charge in [-0.2, -0.15) is 0 Å². The molecule has 0 aliphatic carbocycles. The molecule has 0 aliphatic rings. The Bertz CT molecular complexity index is 433. The average molecular weight is 215 g/mol. The highest BCUT2D eigenvalue weighted by Gasteiger charge is 2.09. The van der Waals surface area contributed by atoms with E-state index in [-0.39, 0.29) is 0 Å². The van der Waals surface area contributed by atoms with Crippen molar-refractivity contribution >= 4 is 0 Å². The molecule has 2 aromatic rings. The van der Waals surface area contributed by atoms with Crippen LogP contribution in [-0.2, 0) is 6.54 Å². The van der Waals surface area contributed by atoms with Crippen LogP contribution >= 0.6 is 0 Å². The van der Waals surface area contributed by atoms with E-state index in [4.69, 9.17) is 0 Å². The van der Waals surface area contributed by atoms with Crippen LogP contribution in [0.1, 0.15) is 17.4 Å². The van der Waals surface area contributed by atoms with Gasteiger partial charge < -0.3 is 9.88 Å². The molecule has 1 N–H and O–H groups in total. The molecule has 0 bridgehead atoms. The lowest BCUT2D eigenvalue weighted by molar-refractivity contribution is 0.493. The van der Waals surface area contributed by atoms with Crippen molar-refractivity contribution in [2.24, 2.45) is 0 Å². The molecule has 0 saturated carbocycles. The third kappa shape index (κ3) is 2.31. The number of imidazole rings is 1. The fourth-order valence-electron chi connectivity index (χ4n) is 1.84. The SMILES string of the molecule is CNC(Cn1ccnc1C)c1ccccc1. The molecular weight excluding hydrogens is 198 g/mol. The van der Waals surface area contributed by atoms with Crippen molar-refractivity contribution in [1.29, 1.82) is 0 Å². The second kappa shape index (κ2) is 4.94. The molecule has 16 heavy (non-hydrogen) atoms. The van der Waals surface area contributed by atoms with E-state index in [0.717, 1.165) is 12.4 Å². The first kappa shape index (κ1) is 10.9. The summed E-state index contributed by atoms with van der Waals surface area (Å²) in [6.45, 7) is 2.93. The first-order valence-electron chi connectivity index (χ1n) is 5.51. The maximum Gasteiger partial charge on any atom is 0.105 e. The van der Waals surface area contributed by atoms with Crippen molar-refractivity contribution in [3.63, 3.8) is 0 Å². The van der Waals surface area contributed by atoms with Gasteiger partial charge in [-0.1, -0.05) is 30.3 Å². The van der Waals surface area contributed by atoms with Crippen molar-refractivity contribution in [2.75, 3.05) is 7.05 Å². The van der Waals surface area contributed by atoms with Crippen LogP contribution in [0, 0.1) is 6.92 Å². The summed E-state index contributed by atoms with van der Waals surface area (Å²) in [5, 5.41) is 3.34. The Hall–Kier alpha value is -1.61. The molecule has 0 radical (unpaired) electrons. The van der Waals surface area contributed by atoms with Gasteiger partial charge in [0.15, 0.2) is 0 Å². The number of hydrogen-bond donors (Lipinski definition) is 1. The third-order valence-corrected chi connectivity index (χ3v) is 2.85. The zero-order chi connectivity index (χ0) is 11.4. The van der Waals surface area contributed by atoms with Gasteiger partial charge in [-0.3, -0.25) is 0 Å². The molecule has 0 aliphatic heterocycles. The lowest BCUT2D eigenvalue weighted by Gasteiger charge is -2.18. The summed E-state index contributed by atoms with van der Waals surface area (Å²) in [4.78, 5) is 4.23. The zero-order valence-electron chi connectivity index (χ0n) is 9.72. The summed E-state index contributed by atoms with van der Waals surface area (Å²) in [7, 11) is 1.99. The maximum absolute atomic E-state index is 4.23. The maximum atomic E-state index is 4.23. The van der Waals surface area contributed by atoms with Crippen molar-refractivity contribution < 1.29 is 0 Å². The van der Waals surface area contributed by atoms with E-state index in [1.807, 2.05) is 32.4 Å². The summed E-state index contributed by atoms with van der Waals surface area (Å²) < 4.78 is 2.16. The summed E-state index contributed by atoms with van der Waals surface area (Å²) in [6, 6.07) is 10.8. The Morgan fingerprint density at radius 2 is 2.06 bits per heavy atom. The van der Waals surface area contributed by atoms with Crippen LogP contribution in [0.15, 0.2) is 42.7 Å². The molecule has 0 saturated heterocycles. The molecule has 3 heteroatoms. The molecule has 1 unspecified atom stereocenters. The normalized spacial score (nSPS) is 12.6. The summed E-state index contributed by atoms with van der Waals surface area (Å²) in [5.74, 6) is 1.05. The van der Waals surface area contributed by atoms with Crippen LogP contribution in [0.25, 0.3) is 0 Å². The smallest absolute Gasteiger partial charge is 0.105 e. The molecule has 2 rings (SSSR count). The van der Waals surface area contributed by atoms with Crippen LogP contribution < -0.4 is 5.32 Å². The highest BCUT2D eigenvalue weighted by atomic mass is 15.1. The third-order valence-electron chi connectivity index (χ3n) is 2.85. The topological polar surface area (TPSA) is 29.9 Å². The summed E-state index contributed by atoms with van der Waals surface area (Å²) in [5.41, 5.74) is 1.30. The first-order chi connectivity index (χ1) is 7.81. The molecule has 0 fully saturated rings. The lowest BCUT2D eigenvalue weighted by Crippen LogP contribution is -2.22. The van der Waals surface area contributed by atoms with E-state index in [1.54, 1.807) is 0 Å². The van der Waals surface area contributed by atoms with Gasteiger partial charge in [-0.05, 0) is 19.5 Å². The van der Waals surface area contributed by atoms with Gasteiger partial charge in [-0.25, -0.2) is 4.98 Å². The van der Waals surface area contributed by atoms with Gasteiger partial charge in [0.25, 0.3) is 0 Å². The van der Waals surface area contributed by atoms with E-state index >= 15 is 0 Å². The molecule has 1 atom stereocenters. The number of nitrogens with zero attached hydrogens (tertiary/aromatic N) is 2. The van der Waals surface area contributed by atoms with E-state index in [2.05, 4.69) is 39.1 Å². The fraction of sp³-hybridized carbons (Fsp3) is 0.308.